The average molecular weight is 198 g/mol. The van der Waals surface area contributed by atoms with Gasteiger partial charge in [0.1, 0.15) is 0 Å². The fourth-order valence-corrected chi connectivity index (χ4v) is 1.49. The van der Waals surface area contributed by atoms with E-state index in [0.717, 1.165) is 5.13 Å². The highest BCUT2D eigenvalue weighted by molar-refractivity contribution is 7.71. The van der Waals surface area contributed by atoms with E-state index >= 15 is 0 Å². The van der Waals surface area contributed by atoms with Crippen molar-refractivity contribution in [2.45, 2.75) is 0 Å². The van der Waals surface area contributed by atoms with Crippen LogP contribution in [0.4, 0.5) is 5.13 Å². The highest BCUT2D eigenvalue weighted by atomic mass is 32.1. The number of aromatic amines is 1. The van der Waals surface area contributed by atoms with Crippen LogP contribution in [0.2, 0.25) is 0 Å². The zero-order valence-electron chi connectivity index (χ0n) is 6.02. The smallest absolute Gasteiger partial charge is 0.202 e. The first-order chi connectivity index (χ1) is 5.86. The number of nitrogens with one attached hydrogen (secondary N) is 2. The molecule has 0 amide bonds. The highest BCUT2D eigenvalue weighted by Gasteiger charge is 1.94. The standard InChI is InChI=1S/C6H6N4S2/c11-6-8-1-3-10(6)9-5-7-2-4-12-5/h1-4H,(H,7,9)(H,8,11). The molecular weight excluding hydrogens is 192 g/mol. The van der Waals surface area contributed by atoms with Gasteiger partial charge in [-0.2, -0.15) is 0 Å². The second kappa shape index (κ2) is 3.08. The lowest BCUT2D eigenvalue weighted by Gasteiger charge is -2.00. The summed E-state index contributed by atoms with van der Waals surface area (Å²) < 4.78 is 2.33. The third-order valence-corrected chi connectivity index (χ3v) is 2.29. The van der Waals surface area contributed by atoms with E-state index in [1.54, 1.807) is 17.1 Å². The van der Waals surface area contributed by atoms with Gasteiger partial charge in [-0.1, -0.05) is 0 Å². The maximum Gasteiger partial charge on any atom is 0.202 e. The van der Waals surface area contributed by atoms with Crippen LogP contribution < -0.4 is 5.43 Å². The monoisotopic (exact) mass is 198 g/mol. The first-order valence-electron chi connectivity index (χ1n) is 3.29. The van der Waals surface area contributed by atoms with Gasteiger partial charge in [-0.05, 0) is 12.2 Å². The molecule has 0 aliphatic carbocycles. The van der Waals surface area contributed by atoms with Crippen LogP contribution in [0.1, 0.15) is 0 Å². The maximum absolute atomic E-state index is 4.98. The zero-order chi connectivity index (χ0) is 8.39. The molecule has 0 bridgehead atoms. The summed E-state index contributed by atoms with van der Waals surface area (Å²) in [5, 5.41) is 2.73. The Bertz CT molecular complexity index is 399. The number of aromatic nitrogens is 3. The van der Waals surface area contributed by atoms with Gasteiger partial charge in [0.2, 0.25) is 5.13 Å². The second-order valence-electron chi connectivity index (χ2n) is 2.08. The van der Waals surface area contributed by atoms with Gasteiger partial charge in [-0.3, -0.25) is 5.43 Å². The lowest BCUT2D eigenvalue weighted by molar-refractivity contribution is 0.930. The molecule has 0 aromatic carbocycles. The Hall–Kier alpha value is -1.14. The van der Waals surface area contributed by atoms with Gasteiger partial charge in [0.05, 0.1) is 0 Å². The number of H-pyrrole nitrogens is 1. The van der Waals surface area contributed by atoms with E-state index in [0.29, 0.717) is 4.77 Å². The summed E-state index contributed by atoms with van der Waals surface area (Å²) in [6, 6.07) is 0. The van der Waals surface area contributed by atoms with Crippen LogP contribution in [0.25, 0.3) is 0 Å². The van der Waals surface area contributed by atoms with Crippen molar-refractivity contribution in [1.29, 1.82) is 0 Å². The molecule has 12 heavy (non-hydrogen) atoms. The minimum atomic E-state index is 0.630. The summed E-state index contributed by atoms with van der Waals surface area (Å²) >= 11 is 6.51. The molecule has 0 aliphatic heterocycles. The van der Waals surface area contributed by atoms with E-state index in [-0.39, 0.29) is 0 Å². The van der Waals surface area contributed by atoms with Crippen molar-refractivity contribution in [3.8, 4) is 0 Å². The Morgan fingerprint density at radius 3 is 3.17 bits per heavy atom. The summed E-state index contributed by atoms with van der Waals surface area (Å²) in [6.07, 6.45) is 5.32. The van der Waals surface area contributed by atoms with Crippen molar-refractivity contribution in [3.05, 3.63) is 28.7 Å². The van der Waals surface area contributed by atoms with Crippen molar-refractivity contribution in [1.82, 2.24) is 14.6 Å². The first-order valence-corrected chi connectivity index (χ1v) is 4.57. The third-order valence-electron chi connectivity index (χ3n) is 1.30. The molecule has 2 aromatic heterocycles. The van der Waals surface area contributed by atoms with Crippen LogP contribution in [0, 0.1) is 4.77 Å². The molecule has 0 spiro atoms. The minimum Gasteiger partial charge on any atom is -0.336 e. The summed E-state index contributed by atoms with van der Waals surface area (Å²) in [4.78, 5) is 6.93. The summed E-state index contributed by atoms with van der Waals surface area (Å²) in [7, 11) is 0. The van der Waals surface area contributed by atoms with Gasteiger partial charge in [0.15, 0.2) is 4.77 Å². The predicted molar refractivity (Wildman–Crippen MR) is 50.8 cm³/mol. The van der Waals surface area contributed by atoms with Gasteiger partial charge < -0.3 is 4.98 Å². The van der Waals surface area contributed by atoms with E-state index < -0.39 is 0 Å². The molecule has 2 N–H and O–H groups in total. The molecule has 0 fully saturated rings. The fourth-order valence-electron chi connectivity index (χ4n) is 0.790. The van der Waals surface area contributed by atoms with Crippen LogP contribution in [0.5, 0.6) is 0 Å². The predicted octanol–water partition coefficient (Wildman–Crippen LogP) is 1.88. The Balaban J connectivity index is 2.25. The number of hydrogen-bond donors (Lipinski definition) is 2. The van der Waals surface area contributed by atoms with Crippen LogP contribution in [0.15, 0.2) is 24.0 Å². The fraction of sp³-hybridized carbons (Fsp3) is 0. The summed E-state index contributed by atoms with van der Waals surface area (Å²) in [6.45, 7) is 0. The number of hydrogen-bond acceptors (Lipinski definition) is 4. The molecule has 2 aromatic rings. The molecule has 0 unspecified atom stereocenters. The van der Waals surface area contributed by atoms with Crippen molar-refractivity contribution in [2.24, 2.45) is 0 Å². The van der Waals surface area contributed by atoms with E-state index in [4.69, 9.17) is 12.2 Å². The van der Waals surface area contributed by atoms with Crippen LogP contribution in [0.3, 0.4) is 0 Å². The molecule has 6 heteroatoms. The van der Waals surface area contributed by atoms with Crippen LogP contribution >= 0.6 is 23.6 Å². The van der Waals surface area contributed by atoms with Crippen molar-refractivity contribution < 1.29 is 0 Å². The van der Waals surface area contributed by atoms with Gasteiger partial charge in [-0.25, -0.2) is 9.66 Å². The molecule has 0 saturated heterocycles. The Kier molecular flexibility index (Phi) is 1.92. The molecule has 2 rings (SSSR count). The minimum absolute atomic E-state index is 0.630. The number of rotatable bonds is 2. The van der Waals surface area contributed by atoms with Crippen LogP contribution in [-0.4, -0.2) is 14.6 Å². The summed E-state index contributed by atoms with van der Waals surface area (Å²) in [5.41, 5.74) is 3.02. The molecule has 62 valence electrons. The molecule has 2 heterocycles. The average Bonchev–Trinajstić information content (AvgIpc) is 2.65. The second-order valence-corrected chi connectivity index (χ2v) is 3.37. The van der Waals surface area contributed by atoms with Crippen molar-refractivity contribution in [3.63, 3.8) is 0 Å². The summed E-state index contributed by atoms with van der Waals surface area (Å²) in [5.74, 6) is 0. The van der Waals surface area contributed by atoms with Crippen molar-refractivity contribution >= 4 is 28.7 Å². The number of imidazole rings is 1. The number of anilines is 1. The normalized spacial score (nSPS) is 10.0. The Labute approximate surface area is 77.9 Å². The molecular formula is C6H6N4S2. The van der Waals surface area contributed by atoms with E-state index in [2.05, 4.69) is 15.4 Å². The quantitative estimate of drug-likeness (QED) is 0.724. The van der Waals surface area contributed by atoms with Crippen LogP contribution in [-0.2, 0) is 0 Å². The molecule has 4 nitrogen and oxygen atoms in total. The first kappa shape index (κ1) is 7.51. The van der Waals surface area contributed by atoms with Gasteiger partial charge >= 0.3 is 0 Å². The SMILES string of the molecule is S=c1[nH]ccn1Nc1nccs1. The van der Waals surface area contributed by atoms with E-state index in [1.165, 1.54) is 11.3 Å². The lowest BCUT2D eigenvalue weighted by Crippen LogP contribution is -2.06. The largest absolute Gasteiger partial charge is 0.336 e. The highest BCUT2D eigenvalue weighted by Crippen LogP contribution is 2.10. The molecule has 0 atom stereocenters. The lowest BCUT2D eigenvalue weighted by atomic mass is 10.9. The topological polar surface area (TPSA) is 45.6 Å². The maximum atomic E-state index is 4.98. The van der Waals surface area contributed by atoms with Gasteiger partial charge in [0, 0.05) is 24.0 Å². The Morgan fingerprint density at radius 1 is 1.67 bits per heavy atom. The molecule has 0 aliphatic rings. The van der Waals surface area contributed by atoms with Gasteiger partial charge in [0.25, 0.3) is 0 Å². The van der Waals surface area contributed by atoms with E-state index in [1.807, 2.05) is 11.6 Å². The Morgan fingerprint density at radius 2 is 2.58 bits per heavy atom. The van der Waals surface area contributed by atoms with Gasteiger partial charge in [-0.15, -0.1) is 11.3 Å². The van der Waals surface area contributed by atoms with Crippen molar-refractivity contribution in [2.75, 3.05) is 5.43 Å². The number of thiazole rings is 1. The molecule has 0 saturated carbocycles. The molecule has 0 radical (unpaired) electrons. The third kappa shape index (κ3) is 1.39. The van der Waals surface area contributed by atoms with E-state index in [9.17, 15) is 0 Å². The number of nitrogens with zero attached hydrogens (tertiary/aromatic N) is 2. The zero-order valence-corrected chi connectivity index (χ0v) is 7.65.